The first kappa shape index (κ1) is 28.6. The van der Waals surface area contributed by atoms with Gasteiger partial charge in [0, 0.05) is 16.5 Å². The van der Waals surface area contributed by atoms with Gasteiger partial charge < -0.3 is 24.5 Å². The number of thiazole rings is 1. The molecule has 220 valence electrons. The first-order valence-electron chi connectivity index (χ1n) is 13.4. The number of aromatic nitrogens is 1. The van der Waals surface area contributed by atoms with Crippen molar-refractivity contribution in [3.8, 4) is 17.2 Å². The number of benzene rings is 3. The van der Waals surface area contributed by atoms with Crippen molar-refractivity contribution < 1.29 is 28.6 Å². The maximum atomic E-state index is 14.0. The van der Waals surface area contributed by atoms with Crippen LogP contribution in [-0.4, -0.2) is 48.8 Å². The lowest BCUT2D eigenvalue weighted by Crippen LogP contribution is -2.32. The monoisotopic (exact) mass is 617 g/mol. The van der Waals surface area contributed by atoms with E-state index in [4.69, 9.17) is 14.2 Å². The number of nitrogens with one attached hydrogen (secondary N) is 2. The van der Waals surface area contributed by atoms with E-state index in [1.807, 2.05) is 25.1 Å². The molecule has 2 aliphatic rings. The number of anilines is 2. The third kappa shape index (κ3) is 5.39. The van der Waals surface area contributed by atoms with Gasteiger partial charge in [-0.15, -0.1) is 0 Å². The van der Waals surface area contributed by atoms with E-state index in [2.05, 4.69) is 10.3 Å². The molecule has 4 aromatic rings. The lowest BCUT2D eigenvalue weighted by Gasteiger charge is -2.30. The number of fused-ring (bicyclic) bond motifs is 2. The second-order valence-corrected chi connectivity index (χ2v) is 12.2. The summed E-state index contributed by atoms with van der Waals surface area (Å²) in [6.07, 6.45) is 0. The average molecular weight is 618 g/mol. The molecule has 2 N–H and O–H groups in total. The molecule has 1 aromatic heterocycles. The van der Waals surface area contributed by atoms with Crippen molar-refractivity contribution in [1.82, 2.24) is 4.98 Å². The van der Waals surface area contributed by atoms with E-state index < -0.39 is 17.1 Å². The third-order valence-electron chi connectivity index (χ3n) is 7.36. The fourth-order valence-corrected chi connectivity index (χ4v) is 7.94. The van der Waals surface area contributed by atoms with Crippen molar-refractivity contribution in [1.29, 1.82) is 0 Å². The van der Waals surface area contributed by atoms with Gasteiger partial charge >= 0.3 is 4.87 Å². The summed E-state index contributed by atoms with van der Waals surface area (Å²) in [5.74, 6) is -1.08. The number of aromatic amines is 1. The summed E-state index contributed by atoms with van der Waals surface area (Å²) in [5.41, 5.74) is 2.82. The Morgan fingerprint density at radius 2 is 1.74 bits per heavy atom. The van der Waals surface area contributed by atoms with E-state index in [-0.39, 0.29) is 29.2 Å². The van der Waals surface area contributed by atoms with Gasteiger partial charge in [0.25, 0.3) is 5.91 Å². The summed E-state index contributed by atoms with van der Waals surface area (Å²) < 4.78 is 16.6. The summed E-state index contributed by atoms with van der Waals surface area (Å²) >= 11 is 2.23. The Morgan fingerprint density at radius 1 is 0.953 bits per heavy atom. The van der Waals surface area contributed by atoms with Crippen molar-refractivity contribution in [2.24, 2.45) is 5.92 Å². The second kappa shape index (κ2) is 11.6. The van der Waals surface area contributed by atoms with Crippen LogP contribution >= 0.6 is 23.1 Å². The normalized spacial score (nSPS) is 19.0. The number of thioether (sulfide) groups is 1. The predicted molar refractivity (Wildman–Crippen MR) is 164 cm³/mol. The summed E-state index contributed by atoms with van der Waals surface area (Å²) in [7, 11) is 3.02. The molecule has 10 nitrogen and oxygen atoms in total. The number of hydrogen-bond acceptors (Lipinski definition) is 9. The van der Waals surface area contributed by atoms with Crippen LogP contribution in [-0.2, 0) is 14.4 Å². The number of ether oxygens (including phenoxy) is 3. The number of hydrogen-bond donors (Lipinski definition) is 2. The topological polar surface area (TPSA) is 127 Å². The molecule has 0 aliphatic carbocycles. The smallest absolute Gasteiger partial charge is 0.305 e. The van der Waals surface area contributed by atoms with Crippen LogP contribution in [0.4, 0.5) is 11.4 Å². The van der Waals surface area contributed by atoms with E-state index in [1.54, 1.807) is 55.6 Å². The van der Waals surface area contributed by atoms with Crippen LogP contribution in [0.25, 0.3) is 0 Å². The van der Waals surface area contributed by atoms with Gasteiger partial charge in [0.1, 0.15) is 11.0 Å². The molecule has 0 bridgehead atoms. The highest BCUT2D eigenvalue weighted by atomic mass is 32.2. The molecule has 3 aromatic carbocycles. The number of carbonyl (C=O) groups excluding carboxylic acids is 3. The third-order valence-corrected chi connectivity index (χ3v) is 9.76. The highest BCUT2D eigenvalue weighted by Gasteiger charge is 2.56. The fourth-order valence-electron chi connectivity index (χ4n) is 5.42. The fraction of sp³-hybridized carbons (Fsp3) is 0.226. The van der Waals surface area contributed by atoms with E-state index in [0.717, 1.165) is 16.9 Å². The van der Waals surface area contributed by atoms with E-state index in [1.165, 1.54) is 23.8 Å². The number of H-pyrrole nitrogens is 1. The number of rotatable bonds is 8. The minimum atomic E-state index is -0.755. The van der Waals surface area contributed by atoms with Crippen LogP contribution in [0.15, 0.2) is 76.6 Å². The largest absolute Gasteiger partial charge is 0.497 e. The zero-order valence-corrected chi connectivity index (χ0v) is 25.0. The van der Waals surface area contributed by atoms with Crippen molar-refractivity contribution >= 4 is 52.2 Å². The number of amides is 3. The number of aryl methyl sites for hydroxylation is 1. The van der Waals surface area contributed by atoms with Crippen molar-refractivity contribution in [3.05, 3.63) is 92.4 Å². The zero-order chi connectivity index (χ0) is 30.2. The molecular formula is C31H27N3O7S2. The summed E-state index contributed by atoms with van der Waals surface area (Å²) in [5, 5.41) is 2.65. The lowest BCUT2D eigenvalue weighted by atomic mass is 9.83. The molecule has 3 atom stereocenters. The van der Waals surface area contributed by atoms with Gasteiger partial charge in [-0.2, -0.15) is 0 Å². The first-order chi connectivity index (χ1) is 20.8. The molecule has 1 saturated heterocycles. The summed E-state index contributed by atoms with van der Waals surface area (Å²) in [6, 6.07) is 19.4. The Labute approximate surface area is 255 Å². The molecule has 3 heterocycles. The zero-order valence-electron chi connectivity index (χ0n) is 23.4. The van der Waals surface area contributed by atoms with Gasteiger partial charge in [0.2, 0.25) is 11.8 Å². The number of nitrogens with zero attached hydrogens (tertiary/aromatic N) is 1. The van der Waals surface area contributed by atoms with Gasteiger partial charge in [-0.1, -0.05) is 41.3 Å². The number of imide groups is 1. The Kier molecular flexibility index (Phi) is 7.72. The molecule has 6 rings (SSSR count). The number of carbonyl (C=O) groups is 3. The molecule has 1 fully saturated rings. The molecule has 2 aliphatic heterocycles. The maximum absolute atomic E-state index is 14.0. The van der Waals surface area contributed by atoms with Crippen molar-refractivity contribution in [2.45, 2.75) is 23.1 Å². The molecule has 0 saturated carbocycles. The SMILES string of the molecule is COc1ccc(N2C(=O)[C@H]3[C@H](c4ccc(OCC(=O)Nc5cccc(C)c5)c(OC)c4)c4sc(=O)[nH]c4S[C@H]3C2=O)cc1. The molecular weight excluding hydrogens is 590 g/mol. The standard InChI is InChI=1S/C31H27N3O7S2/c1-16-5-4-6-18(13-16)32-23(35)15-41-21-12-7-17(14-22(21)40-3)24-25-27(42-28-26(24)43-31(38)33-28)30(37)34(29(25)36)19-8-10-20(39-2)11-9-19/h4-14,24-25,27H,15H2,1-3H3,(H,32,35)(H,33,38)/t24-,25-,27+/m0/s1. The van der Waals surface area contributed by atoms with Gasteiger partial charge in [-0.05, 0) is 66.6 Å². The Hall–Kier alpha value is -4.55. The average Bonchev–Trinajstić information content (AvgIpc) is 3.50. The lowest BCUT2D eigenvalue weighted by molar-refractivity contribution is -0.122. The van der Waals surface area contributed by atoms with Crippen molar-refractivity contribution in [3.63, 3.8) is 0 Å². The Morgan fingerprint density at radius 3 is 2.47 bits per heavy atom. The van der Waals surface area contributed by atoms with E-state index in [0.29, 0.717) is 44.1 Å². The van der Waals surface area contributed by atoms with Crippen LogP contribution in [0.5, 0.6) is 17.2 Å². The second-order valence-electron chi connectivity index (χ2n) is 10.1. The van der Waals surface area contributed by atoms with E-state index in [9.17, 15) is 19.2 Å². The molecule has 0 unspecified atom stereocenters. The maximum Gasteiger partial charge on any atom is 0.305 e. The molecule has 12 heteroatoms. The van der Waals surface area contributed by atoms with Crippen LogP contribution in [0, 0.1) is 12.8 Å². The highest BCUT2D eigenvalue weighted by molar-refractivity contribution is 8.00. The summed E-state index contributed by atoms with van der Waals surface area (Å²) in [4.78, 5) is 57.0. The van der Waals surface area contributed by atoms with Crippen LogP contribution in [0.3, 0.4) is 0 Å². The molecule has 0 radical (unpaired) electrons. The number of methoxy groups -OCH3 is 2. The van der Waals surface area contributed by atoms with E-state index >= 15 is 0 Å². The molecule has 3 amide bonds. The summed E-state index contributed by atoms with van der Waals surface area (Å²) in [6.45, 7) is 1.69. The van der Waals surface area contributed by atoms with Crippen LogP contribution < -0.4 is 29.3 Å². The van der Waals surface area contributed by atoms with Gasteiger partial charge in [-0.25, -0.2) is 4.90 Å². The van der Waals surface area contributed by atoms with Gasteiger partial charge in [-0.3, -0.25) is 19.2 Å². The Balaban J connectivity index is 1.29. The highest BCUT2D eigenvalue weighted by Crippen LogP contribution is 2.53. The van der Waals surface area contributed by atoms with Crippen LogP contribution in [0.1, 0.15) is 21.9 Å². The quantitative estimate of drug-likeness (QED) is 0.275. The molecule has 43 heavy (non-hydrogen) atoms. The first-order valence-corrected chi connectivity index (χ1v) is 15.1. The predicted octanol–water partition coefficient (Wildman–Crippen LogP) is 4.58. The van der Waals surface area contributed by atoms with Crippen LogP contribution in [0.2, 0.25) is 0 Å². The van der Waals surface area contributed by atoms with Crippen molar-refractivity contribution in [2.75, 3.05) is 31.0 Å². The van der Waals surface area contributed by atoms with Gasteiger partial charge in [0.15, 0.2) is 18.1 Å². The molecule has 0 spiro atoms. The minimum Gasteiger partial charge on any atom is -0.497 e. The van der Waals surface area contributed by atoms with Gasteiger partial charge in [0.05, 0.1) is 30.9 Å². The minimum absolute atomic E-state index is 0.248. The Bertz CT molecular complexity index is 1780.